The Bertz CT molecular complexity index is 2580. The van der Waals surface area contributed by atoms with Crippen LogP contribution in [0.25, 0.3) is 0 Å². The van der Waals surface area contributed by atoms with Crippen molar-refractivity contribution in [1.82, 2.24) is 47.9 Å². The van der Waals surface area contributed by atoms with Gasteiger partial charge in [0.25, 0.3) is 5.91 Å². The molecule has 1 aromatic rings. The average molecular weight is 1300 g/mol. The molecule has 0 radical (unpaired) electrons. The van der Waals surface area contributed by atoms with Crippen LogP contribution in [0.3, 0.4) is 0 Å². The van der Waals surface area contributed by atoms with Gasteiger partial charge in [0, 0.05) is 0 Å². The summed E-state index contributed by atoms with van der Waals surface area (Å²) in [6, 6.07) is -9.12. The monoisotopic (exact) mass is 1300 g/mol. The summed E-state index contributed by atoms with van der Waals surface area (Å²) in [6.07, 6.45) is 2.23. The number of nitrogens with one attached hydrogen (secondary N) is 9. The van der Waals surface area contributed by atoms with E-state index in [0.29, 0.717) is 12.0 Å². The van der Waals surface area contributed by atoms with E-state index in [2.05, 4.69) is 44.1 Å². The number of benzene rings is 1. The van der Waals surface area contributed by atoms with E-state index in [4.69, 9.17) is 33.5 Å². The second kappa shape index (κ2) is 42.6. The Labute approximate surface area is 527 Å². The largest absolute Gasteiger partial charge is 0.481 e. The van der Waals surface area contributed by atoms with E-state index < -0.39 is 181 Å². The van der Waals surface area contributed by atoms with Crippen LogP contribution in [0.1, 0.15) is 147 Å². The molecule has 1 aromatic carbocycles. The highest BCUT2D eigenvalue weighted by Crippen LogP contribution is 2.21. The number of unbranched alkanes of at least 4 members (excludes halogenated alkanes) is 10. The van der Waals surface area contributed by atoms with Crippen LogP contribution in [0.5, 0.6) is 0 Å². The topological polar surface area (TPSA) is 522 Å². The summed E-state index contributed by atoms with van der Waals surface area (Å²) >= 11 is 5.89. The first kappa shape index (κ1) is 78.7. The summed E-state index contributed by atoms with van der Waals surface area (Å²) in [5, 5.41) is 83.1. The number of hydrogen-bond acceptors (Lipinski definition) is 20. The van der Waals surface area contributed by atoms with Gasteiger partial charge in [-0.2, -0.15) is 0 Å². The molecule has 21 N–H and O–H groups in total. The molecule has 12 atom stereocenters. The lowest BCUT2D eigenvalue weighted by Crippen LogP contribution is -2.62. The van der Waals surface area contributed by atoms with E-state index in [1.54, 1.807) is 18.2 Å². The lowest BCUT2D eigenvalue weighted by atomic mass is 9.99. The van der Waals surface area contributed by atoms with Gasteiger partial charge in [0.1, 0.15) is 54.6 Å². The molecule has 0 aromatic heterocycles. The van der Waals surface area contributed by atoms with Crippen molar-refractivity contribution >= 4 is 82.7 Å². The van der Waals surface area contributed by atoms with Gasteiger partial charge >= 0.3 is 17.9 Å². The maximum Gasteiger partial charge on any atom is 0.335 e. The second-order valence-electron chi connectivity index (χ2n) is 21.8. The average Bonchev–Trinajstić information content (AvgIpc) is 1.57. The number of nitrogens with two attached hydrogens (primary N) is 3. The number of cyclic esters (lactones) is 1. The van der Waals surface area contributed by atoms with Crippen molar-refractivity contribution in [2.45, 2.75) is 209 Å². The van der Waals surface area contributed by atoms with Gasteiger partial charge in [-0.25, -0.2) is 9.59 Å². The van der Waals surface area contributed by atoms with Crippen LogP contribution < -0.4 is 65.1 Å². The highest BCUT2D eigenvalue weighted by Gasteiger charge is 2.41. The Hall–Kier alpha value is -7.39. The summed E-state index contributed by atoms with van der Waals surface area (Å²) in [6.45, 7) is 2.61. The zero-order valence-corrected chi connectivity index (χ0v) is 51.9. The number of alkyl halides is 1. The minimum Gasteiger partial charge on any atom is -0.481 e. The Morgan fingerprint density at radius 3 is 1.71 bits per heavy atom. The number of allylic oxidation sites excluding steroid dienone is 1. The molecule has 2 rings (SSSR count). The summed E-state index contributed by atoms with van der Waals surface area (Å²) in [5.41, 5.74) is 17.7. The first-order valence-corrected chi connectivity index (χ1v) is 30.8. The van der Waals surface area contributed by atoms with Gasteiger partial charge < -0.3 is 100 Å². The van der Waals surface area contributed by atoms with Gasteiger partial charge in [-0.05, 0) is 89.6 Å². The van der Waals surface area contributed by atoms with E-state index >= 15 is 0 Å². The summed E-state index contributed by atoms with van der Waals surface area (Å²) < 4.78 is 5.33. The number of amides is 9. The smallest absolute Gasteiger partial charge is 0.335 e. The minimum absolute atomic E-state index is 0.118. The SMILES string of the molecule is C/C=C1\NC(=O)C([C@H](C)O)NC(=O)[C@H](CCN)NC(=O)[C@H](CCCCN)NC(=O)[C@H](CC(=O)O)NC(=O)[C@@H](CCN)NC(=O)[C@@H](NC(=O)C[C@H](O)c2cccc(CCCCCCCCCCCC)c2)COC(=O)[C@H](C(O)CCl)NC(=O)C([C@H](O)C(=O)O)NC1=O. The van der Waals surface area contributed by atoms with Gasteiger partial charge in [-0.3, -0.25) is 47.9 Å². The number of carboxylic acid groups (broad SMARTS) is 2. The lowest BCUT2D eigenvalue weighted by molar-refractivity contribution is -0.155. The van der Waals surface area contributed by atoms with Gasteiger partial charge in [0.2, 0.25) is 47.3 Å². The molecular weight excluding hydrogens is 1200 g/mol. The predicted octanol–water partition coefficient (Wildman–Crippen LogP) is -3.24. The van der Waals surface area contributed by atoms with Crippen LogP contribution >= 0.6 is 11.6 Å². The van der Waals surface area contributed by atoms with Gasteiger partial charge in [-0.1, -0.05) is 95.1 Å². The highest BCUT2D eigenvalue weighted by atomic mass is 35.5. The van der Waals surface area contributed by atoms with Crippen molar-refractivity contribution in [2.75, 3.05) is 32.1 Å². The second-order valence-corrected chi connectivity index (χ2v) is 22.1. The van der Waals surface area contributed by atoms with Crippen molar-refractivity contribution in [3.63, 3.8) is 0 Å². The van der Waals surface area contributed by atoms with Crippen LogP contribution in [0.2, 0.25) is 0 Å². The van der Waals surface area contributed by atoms with E-state index in [-0.39, 0.29) is 45.3 Å². The Morgan fingerprint density at radius 1 is 0.644 bits per heavy atom. The Morgan fingerprint density at radius 2 is 1.18 bits per heavy atom. The number of carboxylic acids is 2. The minimum atomic E-state index is -2.84. The predicted molar refractivity (Wildman–Crippen MR) is 324 cm³/mol. The zero-order chi connectivity index (χ0) is 67.5. The van der Waals surface area contributed by atoms with E-state index in [0.717, 1.165) is 50.7 Å². The summed E-state index contributed by atoms with van der Waals surface area (Å²) in [4.78, 5) is 164. The van der Waals surface area contributed by atoms with Crippen LogP contribution in [-0.2, 0) is 68.7 Å². The zero-order valence-electron chi connectivity index (χ0n) is 51.2. The fraction of sp³-hybridized carbons (Fsp3) is 0.655. The lowest BCUT2D eigenvalue weighted by Gasteiger charge is -2.28. The highest BCUT2D eigenvalue weighted by molar-refractivity contribution is 6.18. The fourth-order valence-electron chi connectivity index (χ4n) is 9.29. The van der Waals surface area contributed by atoms with Crippen molar-refractivity contribution in [2.24, 2.45) is 17.2 Å². The van der Waals surface area contributed by atoms with Crippen molar-refractivity contribution in [3.05, 3.63) is 47.2 Å². The van der Waals surface area contributed by atoms with Crippen LogP contribution in [0, 0.1) is 0 Å². The number of halogens is 1. The standard InChI is InChI=1S/C58H93ClN12O19/c1-4-6-7-8-9-10-11-12-13-14-18-33-19-17-20-34(27-33)41(73)29-43(75)63-40-31-90-58(89)46(42(74)30-59)70-56(86)47(48(78)57(87)88)71-49(79)35(5-2)64-55(85)45(32(3)72)69-52(82)38(23-26-62)66-50(80)36(21-15-16-24-60)65-53(83)39(28-44(76)77)68-51(81)37(22-25-61)67-54(40)84/h5,17,19-20,27,32,36-42,45-48,72-74,78H,4,6-16,18,21-26,28-31,60-62H2,1-3H3,(H,63,75)(H,64,85)(H,65,83)(H,66,80)(H,67,84)(H,68,81)(H,69,82)(H,70,86)(H,71,79)(H,76,77)(H,87,88)/b35-5-/t32-,36-,37+,38-,39-,40-,41-,42?,45?,46-,47?,48-/m0/s1. The normalized spacial score (nSPS) is 23.5. The molecule has 0 bridgehead atoms. The van der Waals surface area contributed by atoms with Gasteiger partial charge in [-0.15, -0.1) is 11.6 Å². The molecule has 31 nitrogen and oxygen atoms in total. The molecule has 506 valence electrons. The fourth-order valence-corrected chi connectivity index (χ4v) is 9.46. The van der Waals surface area contributed by atoms with Gasteiger partial charge in [0.15, 0.2) is 12.1 Å². The summed E-state index contributed by atoms with van der Waals surface area (Å²) in [7, 11) is 0. The van der Waals surface area contributed by atoms with Crippen LogP contribution in [-0.4, -0.2) is 200 Å². The number of carbonyl (C=O) groups excluding carboxylic acids is 10. The molecule has 32 heteroatoms. The van der Waals surface area contributed by atoms with E-state index in [9.17, 15) is 88.2 Å². The number of rotatable bonds is 30. The molecule has 1 aliphatic rings. The first-order chi connectivity index (χ1) is 42.8. The molecule has 3 unspecified atom stereocenters. The number of aliphatic carboxylic acids is 2. The van der Waals surface area contributed by atoms with Crippen molar-refractivity contribution in [3.8, 4) is 0 Å². The number of aryl methyl sites for hydroxylation is 1. The molecule has 1 saturated heterocycles. The number of hydrogen-bond donors (Lipinski definition) is 18. The molecule has 0 spiro atoms. The summed E-state index contributed by atoms with van der Waals surface area (Å²) in [5.74, 6) is -17.9. The van der Waals surface area contributed by atoms with Gasteiger partial charge in [0.05, 0.1) is 37.0 Å². The first-order valence-electron chi connectivity index (χ1n) is 30.3. The third-order valence-corrected chi connectivity index (χ3v) is 14.7. The molecule has 1 heterocycles. The van der Waals surface area contributed by atoms with Crippen molar-refractivity contribution < 1.29 is 92.9 Å². The maximum atomic E-state index is 14.3. The third-order valence-electron chi connectivity index (χ3n) is 14.4. The molecule has 1 aliphatic heterocycles. The van der Waals surface area contributed by atoms with E-state index in [1.165, 1.54) is 39.0 Å². The molecule has 1 fully saturated rings. The number of aliphatic hydroxyl groups is 4. The number of aliphatic hydroxyl groups excluding tert-OH is 4. The van der Waals surface area contributed by atoms with Crippen molar-refractivity contribution in [1.29, 1.82) is 0 Å². The van der Waals surface area contributed by atoms with E-state index in [1.807, 2.05) is 16.7 Å². The number of ether oxygens (including phenoxy) is 1. The molecule has 0 saturated carbocycles. The van der Waals surface area contributed by atoms with Crippen LogP contribution in [0.15, 0.2) is 36.0 Å². The third kappa shape index (κ3) is 28.2. The number of carbonyl (C=O) groups is 12. The molecular formula is C58H93ClN12O19. The van der Waals surface area contributed by atoms with Crippen LogP contribution in [0.4, 0.5) is 0 Å². The Kier molecular flexibility index (Phi) is 37.2. The molecule has 90 heavy (non-hydrogen) atoms. The molecule has 0 aliphatic carbocycles. The maximum absolute atomic E-state index is 14.3. The molecule has 9 amide bonds. The Balaban J connectivity index is 2.75. The quantitative estimate of drug-likeness (QED) is 0.0156. The number of esters is 1.